The zero-order valence-electron chi connectivity index (χ0n) is 51.6. The number of allylic oxidation sites excluding steroid dienone is 2. The van der Waals surface area contributed by atoms with Crippen LogP contribution in [0.4, 0.5) is 0 Å². The average Bonchev–Trinajstić information content (AvgIpc) is 1.57. The largest absolute Gasteiger partial charge is 0.459 e. The molecule has 4 aliphatic carbocycles. The minimum atomic E-state index is -2.06. The highest BCUT2D eigenvalue weighted by molar-refractivity contribution is 5.84. The Morgan fingerprint density at radius 2 is 1.13 bits per heavy atom. The first-order chi connectivity index (χ1) is 41.9. The lowest BCUT2D eigenvalue weighted by molar-refractivity contribution is -0.406. The third-order valence-corrected chi connectivity index (χ3v) is 23.0. The summed E-state index contributed by atoms with van der Waals surface area (Å²) in [5.41, 5.74) is -0.164. The van der Waals surface area contributed by atoms with Gasteiger partial charge in [-0.15, -0.1) is 0 Å². The predicted octanol–water partition coefficient (Wildman–Crippen LogP) is -4.07. The minimum absolute atomic E-state index is 0.102. The standard InChI is InChI=1S/C60H96O29/c1-9-28(65)47-46(81-25(4)64)23(2)60(89-47)17-16-58(7)27-10-11-33-56(5,26(27)12-15-59(58,60)8)14-13-34(57(33,6)22-63)85-52-44(76)42(74)38(70)32(84-52)21-79-54-49(36(68)29(66)20-78-54)87-55-50(88-51-43(75)40(72)35(67)24(3)80-51)48(39(71)31(19-62)83-55)86-53-45(77)41(73)37(69)30(18-61)82-53/h23-24,29-55,61-63,66-77H,9-22H2,1-8H3/t23-,24+,29-,30-,31-,32-,33-,34+,35+,36-,37-,38-,39-,40-,41+,42+,43-,44-,45-,46-,47-,48+,49-,50-,51+,52+,53+,54-,55+,56-,57+,58+,59+,60+/m1/s1. The zero-order chi connectivity index (χ0) is 64.9. The third-order valence-electron chi connectivity index (χ3n) is 23.0. The number of ketones is 1. The summed E-state index contributed by atoms with van der Waals surface area (Å²) in [6, 6.07) is 0. The molecule has 1 spiro atoms. The Morgan fingerprint density at radius 3 is 1.76 bits per heavy atom. The second-order valence-electron chi connectivity index (χ2n) is 27.6. The van der Waals surface area contributed by atoms with Gasteiger partial charge in [0.2, 0.25) is 0 Å². The van der Waals surface area contributed by atoms with E-state index < -0.39 is 220 Å². The lowest BCUT2D eigenvalue weighted by Gasteiger charge is -2.63. The summed E-state index contributed by atoms with van der Waals surface area (Å²) in [4.78, 5) is 25.9. The fourth-order valence-electron chi connectivity index (χ4n) is 17.4. The molecule has 0 radical (unpaired) electrons. The quantitative estimate of drug-likeness (QED) is 0.0486. The number of fused-ring (bicyclic) bond motifs is 5. The van der Waals surface area contributed by atoms with Gasteiger partial charge in [-0.2, -0.15) is 0 Å². The summed E-state index contributed by atoms with van der Waals surface area (Å²) in [7, 11) is 0. The number of ether oxygens (including phenoxy) is 12. The van der Waals surface area contributed by atoms with Gasteiger partial charge in [-0.3, -0.25) is 9.59 Å². The molecule has 2 saturated carbocycles. The number of carbonyl (C=O) groups excluding carboxylic acids is 2. The van der Waals surface area contributed by atoms with Gasteiger partial charge in [0, 0.05) is 30.1 Å². The van der Waals surface area contributed by atoms with Gasteiger partial charge in [0.15, 0.2) is 43.3 Å². The maximum Gasteiger partial charge on any atom is 0.303 e. The molecule has 0 unspecified atom stereocenters. The Hall–Kier alpha value is -2.16. The molecule has 0 aromatic heterocycles. The fourth-order valence-corrected chi connectivity index (χ4v) is 17.4. The molecule has 0 amide bonds. The number of esters is 1. The summed E-state index contributed by atoms with van der Waals surface area (Å²) in [6.07, 6.45) is -40.3. The van der Waals surface area contributed by atoms with Crippen molar-refractivity contribution in [2.75, 3.05) is 33.0 Å². The predicted molar refractivity (Wildman–Crippen MR) is 296 cm³/mol. The van der Waals surface area contributed by atoms with Crippen molar-refractivity contribution in [3.8, 4) is 0 Å². The molecule has 15 N–H and O–H groups in total. The molecule has 10 rings (SSSR count). The first kappa shape index (κ1) is 69.7. The SMILES string of the molecule is CCC(=O)[C@H]1O[C@@]2(CC[C@@]3(C)C4=C(CC[C@@]32C)[C@@]2(C)CC[C@H](O[C@@H]3O[C@H](CO[C@H]5OC[C@@H](O)[C@@H](O)[C@H]5O[C@@H]5O[C@H](CO)[C@@H](O)[C@H](O[C@@H]6O[C@H](CO)[C@@H](O)[C@H](O)[C@H]6O)[C@H]5O[C@@H]5O[C@@H](C)[C@H](O)[C@@H](O)[C@H]5O)[C@@H](O)[C@H](O)[C@H]3O)[C@@](C)(CO)[C@@H]2CC4)[C@H](C)[C@H]1OC(C)=O. The van der Waals surface area contributed by atoms with E-state index in [0.717, 1.165) is 19.3 Å². The molecule has 8 fully saturated rings. The second-order valence-corrected chi connectivity index (χ2v) is 27.6. The molecule has 29 heteroatoms. The maximum absolute atomic E-state index is 13.4. The van der Waals surface area contributed by atoms with Gasteiger partial charge in [0.25, 0.3) is 0 Å². The van der Waals surface area contributed by atoms with Gasteiger partial charge in [-0.1, -0.05) is 52.7 Å². The van der Waals surface area contributed by atoms with Gasteiger partial charge < -0.3 is 133 Å². The molecule has 510 valence electrons. The van der Waals surface area contributed by atoms with E-state index in [9.17, 15) is 86.2 Å². The Morgan fingerprint density at radius 1 is 0.562 bits per heavy atom. The smallest absolute Gasteiger partial charge is 0.303 e. The summed E-state index contributed by atoms with van der Waals surface area (Å²) in [5, 5.41) is 165. The van der Waals surface area contributed by atoms with Crippen LogP contribution in [0.5, 0.6) is 0 Å². The van der Waals surface area contributed by atoms with E-state index in [1.807, 2.05) is 13.8 Å². The maximum atomic E-state index is 13.4. The van der Waals surface area contributed by atoms with Crippen molar-refractivity contribution in [3.05, 3.63) is 11.1 Å². The summed E-state index contributed by atoms with van der Waals surface area (Å²) in [5.74, 6) is -0.966. The topological polar surface area (TPSA) is 448 Å². The number of rotatable bonds is 17. The number of aliphatic hydroxyl groups is 15. The van der Waals surface area contributed by atoms with Crippen LogP contribution in [-0.2, 0) is 66.4 Å². The van der Waals surface area contributed by atoms with Crippen molar-refractivity contribution in [2.45, 2.75) is 285 Å². The highest BCUT2D eigenvalue weighted by Crippen LogP contribution is 2.75. The van der Waals surface area contributed by atoms with E-state index in [0.29, 0.717) is 32.1 Å². The van der Waals surface area contributed by atoms with E-state index in [-0.39, 0.29) is 36.1 Å². The van der Waals surface area contributed by atoms with Crippen LogP contribution in [0.2, 0.25) is 0 Å². The summed E-state index contributed by atoms with van der Waals surface area (Å²) >= 11 is 0. The molecule has 89 heavy (non-hydrogen) atoms. The normalized spacial score (nSPS) is 53.5. The molecule has 6 saturated heterocycles. The molecule has 6 aliphatic heterocycles. The number of carbonyl (C=O) groups is 2. The molecule has 10 aliphatic rings. The molecule has 0 aromatic carbocycles. The van der Waals surface area contributed by atoms with Crippen LogP contribution >= 0.6 is 0 Å². The van der Waals surface area contributed by atoms with Crippen LogP contribution in [-0.4, -0.2) is 293 Å². The Labute approximate surface area is 515 Å². The molecular weight excluding hydrogens is 1180 g/mol. The van der Waals surface area contributed by atoms with Crippen molar-refractivity contribution in [1.29, 1.82) is 0 Å². The summed E-state index contributed by atoms with van der Waals surface area (Å²) in [6.45, 7) is 11.8. The second kappa shape index (κ2) is 26.4. The monoisotopic (exact) mass is 1280 g/mol. The van der Waals surface area contributed by atoms with Crippen molar-refractivity contribution in [3.63, 3.8) is 0 Å². The van der Waals surface area contributed by atoms with Crippen LogP contribution in [0.25, 0.3) is 0 Å². The average molecular weight is 1280 g/mol. The van der Waals surface area contributed by atoms with E-state index in [2.05, 4.69) is 20.8 Å². The zero-order valence-corrected chi connectivity index (χ0v) is 51.6. The molecule has 0 bridgehead atoms. The Balaban J connectivity index is 0.860. The Bertz CT molecular complexity index is 2510. The highest BCUT2D eigenvalue weighted by Gasteiger charge is 2.74. The molecular formula is C60H96O29. The van der Waals surface area contributed by atoms with Crippen molar-refractivity contribution >= 4 is 11.8 Å². The summed E-state index contributed by atoms with van der Waals surface area (Å²) < 4.78 is 73.3. The molecule has 6 heterocycles. The van der Waals surface area contributed by atoms with Crippen LogP contribution in [0.15, 0.2) is 11.1 Å². The lowest BCUT2D eigenvalue weighted by Crippen LogP contribution is -2.68. The fraction of sp³-hybridized carbons (Fsp3) is 0.933. The van der Waals surface area contributed by atoms with Gasteiger partial charge in [-0.05, 0) is 75.0 Å². The Kier molecular flexibility index (Phi) is 20.7. The first-order valence-electron chi connectivity index (χ1n) is 31.5. The van der Waals surface area contributed by atoms with Crippen LogP contribution in [0, 0.1) is 33.5 Å². The number of hydrogen-bond acceptors (Lipinski definition) is 29. The van der Waals surface area contributed by atoms with E-state index in [1.165, 1.54) is 25.0 Å². The molecule has 34 atom stereocenters. The number of aliphatic hydroxyl groups excluding tert-OH is 15. The van der Waals surface area contributed by atoms with Crippen molar-refractivity contribution in [2.24, 2.45) is 33.5 Å². The van der Waals surface area contributed by atoms with E-state index in [4.69, 9.17) is 56.8 Å². The minimum Gasteiger partial charge on any atom is -0.459 e. The van der Waals surface area contributed by atoms with Gasteiger partial charge in [-0.25, -0.2) is 0 Å². The van der Waals surface area contributed by atoms with Crippen LogP contribution in [0.3, 0.4) is 0 Å². The van der Waals surface area contributed by atoms with E-state index >= 15 is 0 Å². The van der Waals surface area contributed by atoms with Gasteiger partial charge in [0.05, 0.1) is 50.8 Å². The van der Waals surface area contributed by atoms with Crippen LogP contribution < -0.4 is 0 Å². The highest BCUT2D eigenvalue weighted by atomic mass is 16.8. The van der Waals surface area contributed by atoms with Crippen LogP contribution in [0.1, 0.15) is 113 Å². The lowest BCUT2D eigenvalue weighted by atomic mass is 9.42. The van der Waals surface area contributed by atoms with E-state index in [1.54, 1.807) is 6.92 Å². The van der Waals surface area contributed by atoms with Gasteiger partial charge in [0.1, 0.15) is 116 Å². The van der Waals surface area contributed by atoms with Gasteiger partial charge >= 0.3 is 5.97 Å². The van der Waals surface area contributed by atoms with Crippen molar-refractivity contribution < 1.29 is 143 Å². The number of hydrogen-bond donors (Lipinski definition) is 15. The first-order valence-corrected chi connectivity index (χ1v) is 31.5. The number of Topliss-reactive ketones (excluding diaryl/α,β-unsaturated/α-hetero) is 1. The molecule has 29 nitrogen and oxygen atoms in total. The van der Waals surface area contributed by atoms with Crippen molar-refractivity contribution in [1.82, 2.24) is 0 Å². The molecule has 0 aromatic rings. The third kappa shape index (κ3) is 11.6.